The number of piperidine rings is 1. The summed E-state index contributed by atoms with van der Waals surface area (Å²) in [5.74, 6) is 1.21. The standard InChI is InChI=1S/C14H20BrNO/c15-7-6-12-4-2-8-16(10-12)11-13-3-1-5-14(17)9-13/h1,3,5,9,12,17H,2,4,6-8,10-11H2. The topological polar surface area (TPSA) is 23.5 Å². The van der Waals surface area contributed by atoms with Gasteiger partial charge in [-0.3, -0.25) is 4.90 Å². The highest BCUT2D eigenvalue weighted by Crippen LogP contribution is 2.22. The van der Waals surface area contributed by atoms with Gasteiger partial charge in [0.15, 0.2) is 0 Å². The van der Waals surface area contributed by atoms with E-state index in [4.69, 9.17) is 0 Å². The highest BCUT2D eigenvalue weighted by Gasteiger charge is 2.19. The van der Waals surface area contributed by atoms with E-state index in [0.29, 0.717) is 5.75 Å². The van der Waals surface area contributed by atoms with Crippen LogP contribution in [0.5, 0.6) is 5.75 Å². The smallest absolute Gasteiger partial charge is 0.115 e. The molecule has 1 aromatic rings. The summed E-state index contributed by atoms with van der Waals surface area (Å²) in [6.07, 6.45) is 3.94. The number of halogens is 1. The van der Waals surface area contributed by atoms with Crippen molar-refractivity contribution in [2.24, 2.45) is 5.92 Å². The van der Waals surface area contributed by atoms with E-state index in [-0.39, 0.29) is 0 Å². The van der Waals surface area contributed by atoms with Crippen LogP contribution >= 0.6 is 15.9 Å². The fourth-order valence-corrected chi connectivity index (χ4v) is 3.25. The van der Waals surface area contributed by atoms with Crippen LogP contribution in [0.1, 0.15) is 24.8 Å². The molecule has 94 valence electrons. The second-order valence-electron chi connectivity index (χ2n) is 4.89. The maximum atomic E-state index is 9.45. The second-order valence-corrected chi connectivity index (χ2v) is 5.68. The number of nitrogens with zero attached hydrogens (tertiary/aromatic N) is 1. The molecule has 0 aromatic heterocycles. The first-order valence-corrected chi connectivity index (χ1v) is 7.46. The van der Waals surface area contributed by atoms with Gasteiger partial charge in [0.25, 0.3) is 0 Å². The van der Waals surface area contributed by atoms with Gasteiger partial charge in [-0.2, -0.15) is 0 Å². The van der Waals surface area contributed by atoms with Gasteiger partial charge in [0.05, 0.1) is 0 Å². The first-order chi connectivity index (χ1) is 8.28. The van der Waals surface area contributed by atoms with Crippen LogP contribution in [-0.2, 0) is 6.54 Å². The predicted octanol–water partition coefficient (Wildman–Crippen LogP) is 3.39. The van der Waals surface area contributed by atoms with E-state index < -0.39 is 0 Å². The normalized spacial score (nSPS) is 21.6. The summed E-state index contributed by atoms with van der Waals surface area (Å²) < 4.78 is 0. The van der Waals surface area contributed by atoms with Crippen LogP contribution in [0.4, 0.5) is 0 Å². The van der Waals surface area contributed by atoms with E-state index in [1.165, 1.54) is 37.9 Å². The first-order valence-electron chi connectivity index (χ1n) is 6.34. The Bertz CT molecular complexity index is 354. The molecule has 1 aliphatic heterocycles. The Morgan fingerprint density at radius 1 is 1.41 bits per heavy atom. The fraction of sp³-hybridized carbons (Fsp3) is 0.571. The van der Waals surface area contributed by atoms with Gasteiger partial charge in [0, 0.05) is 18.4 Å². The molecule has 1 heterocycles. The van der Waals surface area contributed by atoms with Crippen LogP contribution < -0.4 is 0 Å². The lowest BCUT2D eigenvalue weighted by Gasteiger charge is -2.32. The summed E-state index contributed by atoms with van der Waals surface area (Å²) >= 11 is 3.53. The molecule has 2 nitrogen and oxygen atoms in total. The van der Waals surface area contributed by atoms with Crippen molar-refractivity contribution in [1.29, 1.82) is 0 Å². The number of aromatic hydroxyl groups is 1. The molecule has 3 heteroatoms. The summed E-state index contributed by atoms with van der Waals surface area (Å²) in [6, 6.07) is 7.61. The molecule has 1 aliphatic rings. The number of phenolic OH excluding ortho intramolecular Hbond substituents is 1. The van der Waals surface area contributed by atoms with Crippen molar-refractivity contribution in [3.05, 3.63) is 29.8 Å². The molecule has 0 bridgehead atoms. The van der Waals surface area contributed by atoms with Crippen LogP contribution in [0.25, 0.3) is 0 Å². The van der Waals surface area contributed by atoms with E-state index in [9.17, 15) is 5.11 Å². The lowest BCUT2D eigenvalue weighted by molar-refractivity contribution is 0.165. The third kappa shape index (κ3) is 4.00. The Balaban J connectivity index is 1.90. The van der Waals surface area contributed by atoms with Crippen molar-refractivity contribution < 1.29 is 5.11 Å². The predicted molar refractivity (Wildman–Crippen MR) is 74.5 cm³/mol. The summed E-state index contributed by atoms with van der Waals surface area (Å²) in [5.41, 5.74) is 1.21. The average Bonchev–Trinajstić information content (AvgIpc) is 2.30. The molecule has 0 spiro atoms. The van der Waals surface area contributed by atoms with Gasteiger partial charge in [-0.25, -0.2) is 0 Å². The van der Waals surface area contributed by atoms with E-state index in [1.807, 2.05) is 12.1 Å². The maximum Gasteiger partial charge on any atom is 0.115 e. The highest BCUT2D eigenvalue weighted by atomic mass is 79.9. The molecule has 1 atom stereocenters. The summed E-state index contributed by atoms with van der Waals surface area (Å²) in [7, 11) is 0. The van der Waals surface area contributed by atoms with Gasteiger partial charge in [-0.15, -0.1) is 0 Å². The van der Waals surface area contributed by atoms with Gasteiger partial charge in [0.2, 0.25) is 0 Å². The summed E-state index contributed by atoms with van der Waals surface area (Å²) in [6.45, 7) is 3.35. The molecule has 2 rings (SSSR count). The fourth-order valence-electron chi connectivity index (χ4n) is 2.60. The Labute approximate surface area is 112 Å². The maximum absolute atomic E-state index is 9.45. The molecule has 1 unspecified atom stereocenters. The van der Waals surface area contributed by atoms with Crippen LogP contribution in [0.2, 0.25) is 0 Å². The van der Waals surface area contributed by atoms with Gasteiger partial charge in [-0.05, 0) is 49.4 Å². The van der Waals surface area contributed by atoms with Gasteiger partial charge < -0.3 is 5.11 Å². The number of phenols is 1. The quantitative estimate of drug-likeness (QED) is 0.861. The van der Waals surface area contributed by atoms with E-state index >= 15 is 0 Å². The molecule has 1 fully saturated rings. The zero-order valence-electron chi connectivity index (χ0n) is 10.1. The molecular formula is C14H20BrNO. The molecule has 1 saturated heterocycles. The van der Waals surface area contributed by atoms with E-state index in [1.54, 1.807) is 6.07 Å². The van der Waals surface area contributed by atoms with Crippen molar-refractivity contribution in [3.63, 3.8) is 0 Å². The van der Waals surface area contributed by atoms with Crippen LogP contribution in [0, 0.1) is 5.92 Å². The number of likely N-dealkylation sites (tertiary alicyclic amines) is 1. The molecular weight excluding hydrogens is 278 g/mol. The monoisotopic (exact) mass is 297 g/mol. The number of alkyl halides is 1. The molecule has 1 N–H and O–H groups in total. The Kier molecular flexibility index (Phi) is 4.86. The SMILES string of the molecule is Oc1cccc(CN2CCCC(CCBr)C2)c1. The molecule has 1 aromatic carbocycles. The van der Waals surface area contributed by atoms with Crippen molar-refractivity contribution in [2.75, 3.05) is 18.4 Å². The lowest BCUT2D eigenvalue weighted by Crippen LogP contribution is -2.35. The zero-order valence-corrected chi connectivity index (χ0v) is 11.7. The van der Waals surface area contributed by atoms with E-state index in [2.05, 4.69) is 26.9 Å². The van der Waals surface area contributed by atoms with Crippen LogP contribution in [0.3, 0.4) is 0 Å². The van der Waals surface area contributed by atoms with Gasteiger partial charge >= 0.3 is 0 Å². The van der Waals surface area contributed by atoms with Crippen molar-refractivity contribution in [1.82, 2.24) is 4.90 Å². The zero-order chi connectivity index (χ0) is 12.1. The number of hydrogen-bond donors (Lipinski definition) is 1. The minimum Gasteiger partial charge on any atom is -0.508 e. The van der Waals surface area contributed by atoms with Crippen molar-refractivity contribution in [3.8, 4) is 5.75 Å². The molecule has 0 aliphatic carbocycles. The average molecular weight is 298 g/mol. The second kappa shape index (κ2) is 6.41. The van der Waals surface area contributed by atoms with E-state index in [0.717, 1.165) is 17.8 Å². The Morgan fingerprint density at radius 3 is 3.06 bits per heavy atom. The molecule has 0 saturated carbocycles. The van der Waals surface area contributed by atoms with Crippen molar-refractivity contribution in [2.45, 2.75) is 25.8 Å². The lowest BCUT2D eigenvalue weighted by atomic mass is 9.95. The molecule has 0 radical (unpaired) electrons. The van der Waals surface area contributed by atoms with Gasteiger partial charge in [0.1, 0.15) is 5.75 Å². The minimum atomic E-state index is 0.372. The third-order valence-electron chi connectivity index (χ3n) is 3.44. The first kappa shape index (κ1) is 12.9. The Morgan fingerprint density at radius 2 is 2.29 bits per heavy atom. The van der Waals surface area contributed by atoms with Crippen LogP contribution in [-0.4, -0.2) is 28.4 Å². The minimum absolute atomic E-state index is 0.372. The summed E-state index contributed by atoms with van der Waals surface area (Å²) in [4.78, 5) is 2.51. The Hall–Kier alpha value is -0.540. The number of hydrogen-bond acceptors (Lipinski definition) is 2. The highest BCUT2D eigenvalue weighted by molar-refractivity contribution is 9.09. The molecule has 17 heavy (non-hydrogen) atoms. The third-order valence-corrected chi connectivity index (χ3v) is 3.90. The largest absolute Gasteiger partial charge is 0.508 e. The summed E-state index contributed by atoms with van der Waals surface area (Å²) in [5, 5.41) is 10.6. The van der Waals surface area contributed by atoms with Crippen LogP contribution in [0.15, 0.2) is 24.3 Å². The van der Waals surface area contributed by atoms with Crippen molar-refractivity contribution >= 4 is 15.9 Å². The van der Waals surface area contributed by atoms with Gasteiger partial charge in [-0.1, -0.05) is 28.1 Å². The molecule has 0 amide bonds. The number of rotatable bonds is 4. The number of benzene rings is 1.